The third-order valence-electron chi connectivity index (χ3n) is 8.52. The molecule has 2 aliphatic rings. The van der Waals surface area contributed by atoms with Crippen LogP contribution in [0.25, 0.3) is 11.1 Å². The van der Waals surface area contributed by atoms with E-state index >= 15 is 4.39 Å². The van der Waals surface area contributed by atoms with E-state index in [0.29, 0.717) is 30.4 Å². The van der Waals surface area contributed by atoms with Crippen LogP contribution in [-0.4, -0.2) is 6.11 Å². The molecule has 0 radical (unpaired) electrons. The fraction of sp³-hybridized carbons (Fsp3) is 0.438. The zero-order valence-electron chi connectivity index (χ0n) is 21.5. The van der Waals surface area contributed by atoms with Gasteiger partial charge >= 0.3 is 6.11 Å². The first-order valence-corrected chi connectivity index (χ1v) is 13.6. The molecule has 2 saturated carbocycles. The maximum absolute atomic E-state index is 15.1. The number of hydrogen-bond donors (Lipinski definition) is 0. The predicted octanol–water partition coefficient (Wildman–Crippen LogP) is 10.0. The fourth-order valence-electron chi connectivity index (χ4n) is 6.09. The second-order valence-electron chi connectivity index (χ2n) is 11.1. The quantitative estimate of drug-likeness (QED) is 0.289. The second kappa shape index (κ2) is 11.1. The zero-order valence-corrected chi connectivity index (χ0v) is 21.5. The van der Waals surface area contributed by atoms with Gasteiger partial charge in [0.05, 0.1) is 5.92 Å². The third-order valence-corrected chi connectivity index (χ3v) is 8.52. The lowest BCUT2D eigenvalue weighted by molar-refractivity contribution is -0.222. The highest BCUT2D eigenvalue weighted by Crippen LogP contribution is 2.44. The largest absolute Gasteiger partial charge is 0.432 e. The summed E-state index contributed by atoms with van der Waals surface area (Å²) in [5.41, 5.74) is 3.50. The number of halogens is 5. The Hall–Kier alpha value is -2.89. The minimum Gasteiger partial charge on any atom is -0.432 e. The molecule has 38 heavy (non-hydrogen) atoms. The molecular formula is C32H33F5O. The summed E-state index contributed by atoms with van der Waals surface area (Å²) in [5, 5.41) is 0. The summed E-state index contributed by atoms with van der Waals surface area (Å²) in [5.74, 6) is -2.63. The van der Waals surface area contributed by atoms with Gasteiger partial charge in [0, 0.05) is 11.6 Å². The summed E-state index contributed by atoms with van der Waals surface area (Å²) in [7, 11) is 0. The van der Waals surface area contributed by atoms with E-state index < -0.39 is 23.7 Å². The molecule has 0 amide bonds. The molecule has 0 atom stereocenters. The molecule has 202 valence electrons. The predicted molar refractivity (Wildman–Crippen MR) is 139 cm³/mol. The van der Waals surface area contributed by atoms with Gasteiger partial charge in [-0.15, -0.1) is 0 Å². The van der Waals surface area contributed by atoms with Crippen LogP contribution in [-0.2, 0) is 0 Å². The van der Waals surface area contributed by atoms with E-state index in [-0.39, 0.29) is 30.3 Å². The third kappa shape index (κ3) is 5.89. The zero-order chi connectivity index (χ0) is 26.9. The molecule has 1 nitrogen and oxygen atoms in total. The number of benzene rings is 3. The molecule has 0 saturated heterocycles. The Bertz CT molecular complexity index is 1240. The number of rotatable bonds is 6. The van der Waals surface area contributed by atoms with Crippen LogP contribution in [0.2, 0.25) is 0 Å². The Labute approximate surface area is 221 Å². The van der Waals surface area contributed by atoms with E-state index in [0.717, 1.165) is 47.6 Å². The van der Waals surface area contributed by atoms with Gasteiger partial charge in [-0.2, -0.15) is 8.78 Å². The lowest BCUT2D eigenvalue weighted by atomic mass is 9.78. The van der Waals surface area contributed by atoms with Crippen LogP contribution in [0.5, 0.6) is 5.75 Å². The molecule has 0 heterocycles. The molecule has 3 aromatic rings. The van der Waals surface area contributed by atoms with E-state index in [1.165, 1.54) is 12.8 Å². The van der Waals surface area contributed by atoms with Crippen LogP contribution in [0.4, 0.5) is 22.0 Å². The van der Waals surface area contributed by atoms with Crippen LogP contribution in [0.15, 0.2) is 60.7 Å². The lowest BCUT2D eigenvalue weighted by Gasteiger charge is -2.33. The Morgan fingerprint density at radius 3 is 1.87 bits per heavy atom. The Kier molecular flexibility index (Phi) is 7.78. The molecular weight excluding hydrogens is 495 g/mol. The Morgan fingerprint density at radius 2 is 1.24 bits per heavy atom. The molecule has 2 fully saturated rings. The normalized spacial score (nSPS) is 24.3. The first-order chi connectivity index (χ1) is 18.2. The molecule has 3 aromatic carbocycles. The van der Waals surface area contributed by atoms with Crippen LogP contribution < -0.4 is 4.74 Å². The fourth-order valence-corrected chi connectivity index (χ4v) is 6.09. The van der Waals surface area contributed by atoms with Crippen molar-refractivity contribution in [3.63, 3.8) is 0 Å². The summed E-state index contributed by atoms with van der Waals surface area (Å²) in [6.07, 6.45) is 2.75. The van der Waals surface area contributed by atoms with Gasteiger partial charge in [0.1, 0.15) is 11.6 Å². The van der Waals surface area contributed by atoms with E-state index in [1.807, 2.05) is 30.3 Å². The van der Waals surface area contributed by atoms with Gasteiger partial charge in [0.2, 0.25) is 0 Å². The van der Waals surface area contributed by atoms with E-state index in [4.69, 9.17) is 4.74 Å². The summed E-state index contributed by atoms with van der Waals surface area (Å²) in [6.45, 7) is 2.28. The van der Waals surface area contributed by atoms with Gasteiger partial charge in [-0.05, 0) is 91.2 Å². The van der Waals surface area contributed by atoms with Crippen molar-refractivity contribution in [1.82, 2.24) is 0 Å². The van der Waals surface area contributed by atoms with Gasteiger partial charge in [-0.1, -0.05) is 56.2 Å². The van der Waals surface area contributed by atoms with Crippen LogP contribution >= 0.6 is 0 Å². The van der Waals surface area contributed by atoms with Crippen molar-refractivity contribution in [3.8, 4) is 16.9 Å². The van der Waals surface area contributed by atoms with Crippen molar-refractivity contribution in [3.05, 3.63) is 89.2 Å². The average Bonchev–Trinajstić information content (AvgIpc) is 2.91. The maximum atomic E-state index is 15.1. The van der Waals surface area contributed by atoms with Gasteiger partial charge in [0.15, 0.2) is 11.6 Å². The minimum absolute atomic E-state index is 0.125. The van der Waals surface area contributed by atoms with Crippen molar-refractivity contribution >= 4 is 0 Å². The monoisotopic (exact) mass is 528 g/mol. The molecule has 2 aliphatic carbocycles. The second-order valence-corrected chi connectivity index (χ2v) is 11.1. The van der Waals surface area contributed by atoms with Crippen molar-refractivity contribution < 1.29 is 26.7 Å². The van der Waals surface area contributed by atoms with Crippen molar-refractivity contribution in [2.75, 3.05) is 0 Å². The summed E-state index contributed by atoms with van der Waals surface area (Å²) in [4.78, 5) is 0. The molecule has 5 rings (SSSR count). The Balaban J connectivity index is 1.19. The number of ether oxygens (including phenoxy) is 1. The van der Waals surface area contributed by atoms with Crippen LogP contribution in [0.3, 0.4) is 0 Å². The first kappa shape index (κ1) is 26.7. The molecule has 0 aromatic heterocycles. The Morgan fingerprint density at radius 1 is 0.632 bits per heavy atom. The van der Waals surface area contributed by atoms with E-state index in [9.17, 15) is 17.6 Å². The SMILES string of the molecule is CC1CCC(c2ccc(-c3ccc(C4CCC(C(F)(F)Oc5ccc(F)c(F)c5)CC4)cc3)c(F)c2)CC1. The maximum Gasteiger partial charge on any atom is 0.400 e. The highest BCUT2D eigenvalue weighted by molar-refractivity contribution is 5.65. The van der Waals surface area contributed by atoms with Crippen LogP contribution in [0, 0.1) is 29.3 Å². The highest BCUT2D eigenvalue weighted by Gasteiger charge is 2.44. The average molecular weight is 529 g/mol. The summed E-state index contributed by atoms with van der Waals surface area (Å²) in [6, 6.07) is 15.8. The minimum atomic E-state index is -3.47. The molecule has 0 bridgehead atoms. The van der Waals surface area contributed by atoms with Crippen LogP contribution in [0.1, 0.15) is 81.3 Å². The van der Waals surface area contributed by atoms with E-state index in [2.05, 4.69) is 13.0 Å². The number of hydrogen-bond acceptors (Lipinski definition) is 1. The van der Waals surface area contributed by atoms with Crippen molar-refractivity contribution in [2.45, 2.75) is 76.2 Å². The van der Waals surface area contributed by atoms with Crippen molar-refractivity contribution in [2.24, 2.45) is 11.8 Å². The molecule has 0 unspecified atom stereocenters. The van der Waals surface area contributed by atoms with Gasteiger partial charge in [0.25, 0.3) is 0 Å². The van der Waals surface area contributed by atoms with Gasteiger partial charge in [-0.3, -0.25) is 0 Å². The molecule has 0 N–H and O–H groups in total. The molecule has 6 heteroatoms. The summed E-state index contributed by atoms with van der Waals surface area (Å²) < 4.78 is 75.7. The molecule has 0 aliphatic heterocycles. The smallest absolute Gasteiger partial charge is 0.400 e. The number of alkyl halides is 2. The first-order valence-electron chi connectivity index (χ1n) is 13.6. The lowest BCUT2D eigenvalue weighted by Crippen LogP contribution is -2.37. The van der Waals surface area contributed by atoms with Gasteiger partial charge < -0.3 is 4.74 Å². The topological polar surface area (TPSA) is 9.23 Å². The van der Waals surface area contributed by atoms with Crippen molar-refractivity contribution in [1.29, 1.82) is 0 Å². The highest BCUT2D eigenvalue weighted by atomic mass is 19.3. The molecule has 0 spiro atoms. The van der Waals surface area contributed by atoms with E-state index in [1.54, 1.807) is 6.07 Å². The summed E-state index contributed by atoms with van der Waals surface area (Å²) >= 11 is 0. The van der Waals surface area contributed by atoms with Gasteiger partial charge in [-0.25, -0.2) is 13.2 Å². The standard InChI is InChI=1S/C32H33F5O/c1-20-2-4-23(5-3-20)25-12-16-28(30(34)18-25)24-8-6-21(7-9-24)22-10-13-26(14-11-22)32(36,37)38-27-15-17-29(33)31(35)19-27/h6-9,12,15-20,22-23,26H,2-5,10-11,13-14H2,1H3.